The number of hydrogen-bond donors (Lipinski definition) is 1. The molecule has 1 aromatic heterocycles. The van der Waals surface area contributed by atoms with E-state index in [1.54, 1.807) is 18.2 Å². The van der Waals surface area contributed by atoms with Crippen molar-refractivity contribution in [1.82, 2.24) is 19.1 Å². The predicted octanol–water partition coefficient (Wildman–Crippen LogP) is 3.92. The van der Waals surface area contributed by atoms with Crippen LogP contribution in [0.15, 0.2) is 84.3 Å². The van der Waals surface area contributed by atoms with E-state index < -0.39 is 15.9 Å². The highest BCUT2D eigenvalue weighted by Crippen LogP contribution is 2.28. The van der Waals surface area contributed by atoms with Crippen LogP contribution < -0.4 is 5.32 Å². The minimum Gasteiger partial charge on any atom is -0.320 e. The highest BCUT2D eigenvalue weighted by molar-refractivity contribution is 7.89. The van der Waals surface area contributed by atoms with Crippen LogP contribution >= 0.6 is 11.6 Å². The molecule has 0 fully saturated rings. The highest BCUT2D eigenvalue weighted by atomic mass is 35.5. The molecule has 0 radical (unpaired) electrons. The van der Waals surface area contributed by atoms with Crippen LogP contribution in [0.1, 0.15) is 21.5 Å². The summed E-state index contributed by atoms with van der Waals surface area (Å²) in [4.78, 5) is 17.1. The lowest BCUT2D eigenvalue weighted by molar-refractivity contribution is 0.102. The van der Waals surface area contributed by atoms with Crippen molar-refractivity contribution in [2.75, 3.05) is 11.9 Å². The molecule has 8 nitrogen and oxygen atoms in total. The number of rotatable bonds is 5. The van der Waals surface area contributed by atoms with Gasteiger partial charge in [-0.15, -0.1) is 0 Å². The number of para-hydroxylation sites is 2. The number of amides is 1. The lowest BCUT2D eigenvalue weighted by Crippen LogP contribution is -2.36. The number of aromatic nitrogens is 3. The van der Waals surface area contributed by atoms with Crippen LogP contribution in [0, 0.1) is 0 Å². The standard InChI is InChI=1S/C24H20ClN5O3S/c25-21-10-9-19(34(32,33)29-12-11-17-5-1-2-6-18(17)14-29)13-20(21)24(31)28-22-7-3-4-8-23(22)30-16-26-15-27-30/h1-10,13,15-16H,11-12,14H2,(H,28,31). The summed E-state index contributed by atoms with van der Waals surface area (Å²) in [6, 6.07) is 19.1. The Morgan fingerprint density at radius 3 is 2.56 bits per heavy atom. The largest absolute Gasteiger partial charge is 0.320 e. The number of halogens is 1. The Morgan fingerprint density at radius 2 is 1.76 bits per heavy atom. The molecule has 172 valence electrons. The van der Waals surface area contributed by atoms with E-state index in [0.717, 1.165) is 11.1 Å². The average Bonchev–Trinajstić information content (AvgIpc) is 3.39. The number of carbonyl (C=O) groups excluding carboxylic acids is 1. The fourth-order valence-electron chi connectivity index (χ4n) is 3.96. The molecule has 10 heteroatoms. The third kappa shape index (κ3) is 4.21. The number of sulfonamides is 1. The maximum absolute atomic E-state index is 13.4. The zero-order valence-corrected chi connectivity index (χ0v) is 19.5. The van der Waals surface area contributed by atoms with Gasteiger partial charge >= 0.3 is 0 Å². The molecule has 1 N–H and O–H groups in total. The van der Waals surface area contributed by atoms with E-state index in [9.17, 15) is 13.2 Å². The molecule has 0 saturated heterocycles. The van der Waals surface area contributed by atoms with E-state index in [4.69, 9.17) is 11.6 Å². The SMILES string of the molecule is O=C(Nc1ccccc1-n1cncn1)c1cc(S(=O)(=O)N2CCc3ccccc3C2)ccc1Cl. The average molecular weight is 494 g/mol. The molecule has 3 aromatic carbocycles. The Hall–Kier alpha value is -3.53. The van der Waals surface area contributed by atoms with Gasteiger partial charge in [-0.3, -0.25) is 4.79 Å². The van der Waals surface area contributed by atoms with Crippen molar-refractivity contribution >= 4 is 33.2 Å². The van der Waals surface area contributed by atoms with Gasteiger partial charge in [0.1, 0.15) is 12.7 Å². The van der Waals surface area contributed by atoms with Gasteiger partial charge < -0.3 is 5.32 Å². The van der Waals surface area contributed by atoms with Gasteiger partial charge in [0.25, 0.3) is 5.91 Å². The first kappa shape index (κ1) is 22.3. The van der Waals surface area contributed by atoms with Gasteiger partial charge in [-0.25, -0.2) is 18.1 Å². The molecular weight excluding hydrogens is 474 g/mol. The molecule has 34 heavy (non-hydrogen) atoms. The van der Waals surface area contributed by atoms with E-state index in [0.29, 0.717) is 24.3 Å². The molecule has 2 heterocycles. The van der Waals surface area contributed by atoms with E-state index in [1.807, 2.05) is 30.3 Å². The zero-order valence-electron chi connectivity index (χ0n) is 17.9. The molecule has 0 aliphatic carbocycles. The van der Waals surface area contributed by atoms with Crippen LogP contribution in [0.3, 0.4) is 0 Å². The molecule has 4 aromatic rings. The van der Waals surface area contributed by atoms with Crippen LogP contribution in [0.5, 0.6) is 0 Å². The van der Waals surface area contributed by atoms with Crippen LogP contribution in [0.25, 0.3) is 5.69 Å². The fourth-order valence-corrected chi connectivity index (χ4v) is 5.61. The number of hydrogen-bond acceptors (Lipinski definition) is 5. The quantitative estimate of drug-likeness (QED) is 0.454. The lowest BCUT2D eigenvalue weighted by atomic mass is 10.0. The van der Waals surface area contributed by atoms with Gasteiger partial charge in [-0.05, 0) is 47.9 Å². The number of anilines is 1. The van der Waals surface area contributed by atoms with E-state index in [-0.39, 0.29) is 22.0 Å². The lowest BCUT2D eigenvalue weighted by Gasteiger charge is -2.28. The first-order valence-corrected chi connectivity index (χ1v) is 12.4. The molecule has 5 rings (SSSR count). The van der Waals surface area contributed by atoms with Crippen molar-refractivity contribution in [3.8, 4) is 5.69 Å². The molecule has 0 bridgehead atoms. The zero-order chi connectivity index (χ0) is 23.7. The summed E-state index contributed by atoms with van der Waals surface area (Å²) < 4.78 is 29.7. The second-order valence-electron chi connectivity index (χ2n) is 7.81. The number of carbonyl (C=O) groups is 1. The molecule has 1 amide bonds. The molecule has 0 atom stereocenters. The molecule has 0 saturated carbocycles. The van der Waals surface area contributed by atoms with Crippen molar-refractivity contribution in [3.63, 3.8) is 0 Å². The Morgan fingerprint density at radius 1 is 1.00 bits per heavy atom. The maximum atomic E-state index is 13.4. The summed E-state index contributed by atoms with van der Waals surface area (Å²) in [5, 5.41) is 7.06. The van der Waals surface area contributed by atoms with Crippen LogP contribution in [-0.4, -0.2) is 39.9 Å². The van der Waals surface area contributed by atoms with Crippen molar-refractivity contribution in [1.29, 1.82) is 0 Å². The molecule has 0 unspecified atom stereocenters. The van der Waals surface area contributed by atoms with Crippen molar-refractivity contribution in [3.05, 3.63) is 101 Å². The Labute approximate surface area is 201 Å². The molecular formula is C24H20ClN5O3S. The normalized spacial score (nSPS) is 13.9. The van der Waals surface area contributed by atoms with Gasteiger partial charge in [0.2, 0.25) is 10.0 Å². The third-order valence-electron chi connectivity index (χ3n) is 5.73. The Bertz CT molecular complexity index is 1470. The fraction of sp³-hybridized carbons (Fsp3) is 0.125. The Kier molecular flexibility index (Phi) is 5.91. The van der Waals surface area contributed by atoms with Gasteiger partial charge in [0.05, 0.1) is 26.9 Å². The second kappa shape index (κ2) is 9.02. The van der Waals surface area contributed by atoms with Crippen LogP contribution in [-0.2, 0) is 23.0 Å². The monoisotopic (exact) mass is 493 g/mol. The van der Waals surface area contributed by atoms with Gasteiger partial charge in [0, 0.05) is 13.1 Å². The minimum absolute atomic E-state index is 0.0194. The van der Waals surface area contributed by atoms with E-state index in [2.05, 4.69) is 15.4 Å². The number of benzene rings is 3. The van der Waals surface area contributed by atoms with E-state index in [1.165, 1.54) is 39.8 Å². The predicted molar refractivity (Wildman–Crippen MR) is 129 cm³/mol. The van der Waals surface area contributed by atoms with Crippen LogP contribution in [0.4, 0.5) is 5.69 Å². The maximum Gasteiger partial charge on any atom is 0.257 e. The van der Waals surface area contributed by atoms with Crippen molar-refractivity contribution < 1.29 is 13.2 Å². The van der Waals surface area contributed by atoms with E-state index >= 15 is 0 Å². The second-order valence-corrected chi connectivity index (χ2v) is 10.2. The minimum atomic E-state index is -3.82. The molecule has 1 aliphatic rings. The molecule has 1 aliphatic heterocycles. The Balaban J connectivity index is 1.43. The summed E-state index contributed by atoms with van der Waals surface area (Å²) in [5.74, 6) is -0.529. The number of nitrogens with zero attached hydrogens (tertiary/aromatic N) is 4. The van der Waals surface area contributed by atoms with Gasteiger partial charge in [-0.1, -0.05) is 48.0 Å². The van der Waals surface area contributed by atoms with Crippen molar-refractivity contribution in [2.45, 2.75) is 17.9 Å². The molecule has 0 spiro atoms. The van der Waals surface area contributed by atoms with Crippen LogP contribution in [0.2, 0.25) is 5.02 Å². The first-order chi connectivity index (χ1) is 16.4. The smallest absolute Gasteiger partial charge is 0.257 e. The summed E-state index contributed by atoms with van der Waals surface area (Å²) in [5.41, 5.74) is 3.29. The summed E-state index contributed by atoms with van der Waals surface area (Å²) >= 11 is 6.30. The van der Waals surface area contributed by atoms with Crippen molar-refractivity contribution in [2.24, 2.45) is 0 Å². The number of nitrogens with one attached hydrogen (secondary N) is 1. The topological polar surface area (TPSA) is 97.2 Å². The first-order valence-electron chi connectivity index (χ1n) is 10.6. The summed E-state index contributed by atoms with van der Waals surface area (Å²) in [6.45, 7) is 0.655. The van der Waals surface area contributed by atoms with Gasteiger partial charge in [-0.2, -0.15) is 9.40 Å². The highest BCUT2D eigenvalue weighted by Gasteiger charge is 2.29. The van der Waals surface area contributed by atoms with Gasteiger partial charge in [0.15, 0.2) is 0 Å². The third-order valence-corrected chi connectivity index (χ3v) is 7.90. The number of fused-ring (bicyclic) bond motifs is 1. The summed E-state index contributed by atoms with van der Waals surface area (Å²) in [6.07, 6.45) is 3.54. The summed E-state index contributed by atoms with van der Waals surface area (Å²) in [7, 11) is -3.82.